The minimum absolute atomic E-state index is 0.276. The number of carbonyl (C=O) groups is 1. The van der Waals surface area contributed by atoms with Crippen molar-refractivity contribution in [3.05, 3.63) is 29.8 Å². The summed E-state index contributed by atoms with van der Waals surface area (Å²) in [6.07, 6.45) is -0.520. The van der Waals surface area contributed by atoms with E-state index in [9.17, 15) is 9.90 Å². The molecule has 3 N–H and O–H groups in total. The van der Waals surface area contributed by atoms with Crippen LogP contribution in [0.3, 0.4) is 0 Å². The van der Waals surface area contributed by atoms with Crippen molar-refractivity contribution in [3.63, 3.8) is 0 Å². The van der Waals surface area contributed by atoms with Gasteiger partial charge in [-0.15, -0.1) is 0 Å². The Hall–Kier alpha value is -1.87. The van der Waals surface area contributed by atoms with E-state index in [4.69, 9.17) is 15.2 Å². The third-order valence-electron chi connectivity index (χ3n) is 5.00. The molecule has 2 aliphatic heterocycles. The van der Waals surface area contributed by atoms with Crippen molar-refractivity contribution < 1.29 is 19.4 Å². The number of aliphatic hydroxyl groups is 1. The molecule has 0 spiro atoms. The van der Waals surface area contributed by atoms with Gasteiger partial charge in [0.25, 0.3) is 0 Å². The van der Waals surface area contributed by atoms with Crippen molar-refractivity contribution in [3.8, 4) is 5.75 Å². The molecule has 27 heavy (non-hydrogen) atoms. The SMILES string of the molecule is NC(=O)N1CCN(Cc2cccc(OC[C@@H](O)CN3CCOCC3)c2)CC1. The number of primary amides is 1. The zero-order valence-electron chi connectivity index (χ0n) is 15.8. The van der Waals surface area contributed by atoms with Crippen LogP contribution in [0.4, 0.5) is 4.79 Å². The van der Waals surface area contributed by atoms with E-state index >= 15 is 0 Å². The lowest BCUT2D eigenvalue weighted by Crippen LogP contribution is -2.50. The number of β-amino-alcohol motifs (C(OH)–C–C–N with tert-alkyl or cyclic N) is 1. The largest absolute Gasteiger partial charge is 0.491 e. The number of nitrogens with two attached hydrogens (primary N) is 1. The normalized spacial score (nSPS) is 20.4. The number of urea groups is 1. The van der Waals surface area contributed by atoms with Gasteiger partial charge in [0, 0.05) is 52.4 Å². The number of carbonyl (C=O) groups excluding carboxylic acids is 1. The van der Waals surface area contributed by atoms with E-state index in [0.717, 1.165) is 57.3 Å². The average molecular weight is 378 g/mol. The standard InChI is InChI=1S/C19H30N4O4/c20-19(25)23-6-4-21(5-7-23)13-16-2-1-3-18(12-16)27-15-17(24)14-22-8-10-26-11-9-22/h1-3,12,17,24H,4-11,13-15H2,(H2,20,25)/t17-/m0/s1. The van der Waals surface area contributed by atoms with E-state index in [1.165, 1.54) is 0 Å². The van der Waals surface area contributed by atoms with Gasteiger partial charge in [0.2, 0.25) is 0 Å². The third-order valence-corrected chi connectivity index (χ3v) is 5.00. The highest BCUT2D eigenvalue weighted by molar-refractivity contribution is 5.72. The molecular weight excluding hydrogens is 348 g/mol. The topological polar surface area (TPSA) is 91.5 Å². The molecule has 8 nitrogen and oxygen atoms in total. The van der Waals surface area contributed by atoms with E-state index in [1.807, 2.05) is 18.2 Å². The summed E-state index contributed by atoms with van der Waals surface area (Å²) in [7, 11) is 0. The summed E-state index contributed by atoms with van der Waals surface area (Å²) in [4.78, 5) is 17.4. The number of morpholine rings is 1. The predicted octanol–water partition coefficient (Wildman–Crippen LogP) is -0.0452. The molecule has 0 aliphatic carbocycles. The Morgan fingerprint density at radius 2 is 1.89 bits per heavy atom. The highest BCUT2D eigenvalue weighted by atomic mass is 16.5. The van der Waals surface area contributed by atoms with Crippen molar-refractivity contribution in [2.24, 2.45) is 5.73 Å². The van der Waals surface area contributed by atoms with Crippen molar-refractivity contribution in [2.75, 3.05) is 65.6 Å². The molecule has 1 atom stereocenters. The van der Waals surface area contributed by atoms with Gasteiger partial charge in [0.15, 0.2) is 0 Å². The zero-order chi connectivity index (χ0) is 19.1. The second kappa shape index (κ2) is 9.89. The molecule has 150 valence electrons. The van der Waals surface area contributed by atoms with Gasteiger partial charge in [0.05, 0.1) is 13.2 Å². The third kappa shape index (κ3) is 6.35. The zero-order valence-corrected chi connectivity index (χ0v) is 15.8. The van der Waals surface area contributed by atoms with Gasteiger partial charge in [-0.25, -0.2) is 4.79 Å². The molecule has 1 aromatic rings. The highest BCUT2D eigenvalue weighted by Gasteiger charge is 2.19. The molecule has 0 bridgehead atoms. The van der Waals surface area contributed by atoms with Crippen LogP contribution in [0.5, 0.6) is 5.75 Å². The molecule has 2 fully saturated rings. The molecular formula is C19H30N4O4. The molecule has 2 heterocycles. The quantitative estimate of drug-likeness (QED) is 0.692. The number of benzene rings is 1. The number of piperazine rings is 1. The molecule has 0 unspecified atom stereocenters. The lowest BCUT2D eigenvalue weighted by atomic mass is 10.2. The Morgan fingerprint density at radius 1 is 1.15 bits per heavy atom. The molecule has 0 saturated carbocycles. The number of rotatable bonds is 7. The van der Waals surface area contributed by atoms with Gasteiger partial charge < -0.3 is 25.2 Å². The minimum Gasteiger partial charge on any atom is -0.491 e. The van der Waals surface area contributed by atoms with Gasteiger partial charge in [-0.05, 0) is 17.7 Å². The van der Waals surface area contributed by atoms with Gasteiger partial charge in [0.1, 0.15) is 18.5 Å². The van der Waals surface area contributed by atoms with Crippen LogP contribution in [0, 0.1) is 0 Å². The fourth-order valence-corrected chi connectivity index (χ4v) is 3.45. The van der Waals surface area contributed by atoms with E-state index in [-0.39, 0.29) is 12.6 Å². The van der Waals surface area contributed by atoms with Crippen LogP contribution in [0.25, 0.3) is 0 Å². The molecule has 8 heteroatoms. The van der Waals surface area contributed by atoms with Crippen LogP contribution < -0.4 is 10.5 Å². The number of nitrogens with zero attached hydrogens (tertiary/aromatic N) is 3. The van der Waals surface area contributed by atoms with Gasteiger partial charge >= 0.3 is 6.03 Å². The fraction of sp³-hybridized carbons (Fsp3) is 0.632. The molecule has 2 amide bonds. The van der Waals surface area contributed by atoms with E-state index in [0.29, 0.717) is 19.6 Å². The fourth-order valence-electron chi connectivity index (χ4n) is 3.45. The number of aliphatic hydroxyl groups excluding tert-OH is 1. The maximum Gasteiger partial charge on any atom is 0.314 e. The molecule has 2 aliphatic rings. The smallest absolute Gasteiger partial charge is 0.314 e. The summed E-state index contributed by atoms with van der Waals surface area (Å²) in [6, 6.07) is 7.62. The van der Waals surface area contributed by atoms with Crippen LogP contribution in [-0.4, -0.2) is 97.6 Å². The number of hydrogen-bond acceptors (Lipinski definition) is 6. The van der Waals surface area contributed by atoms with Crippen LogP contribution in [0.15, 0.2) is 24.3 Å². The molecule has 2 saturated heterocycles. The Kier molecular flexibility index (Phi) is 7.28. The van der Waals surface area contributed by atoms with Crippen LogP contribution in [0.2, 0.25) is 0 Å². The van der Waals surface area contributed by atoms with Crippen molar-refractivity contribution in [1.82, 2.24) is 14.7 Å². The second-order valence-corrected chi connectivity index (χ2v) is 7.13. The second-order valence-electron chi connectivity index (χ2n) is 7.13. The van der Waals surface area contributed by atoms with Gasteiger partial charge in [-0.3, -0.25) is 9.80 Å². The maximum absolute atomic E-state index is 11.2. The summed E-state index contributed by atoms with van der Waals surface area (Å²) in [5.74, 6) is 0.768. The minimum atomic E-state index is -0.520. The summed E-state index contributed by atoms with van der Waals surface area (Å²) >= 11 is 0. The van der Waals surface area contributed by atoms with E-state index in [2.05, 4.69) is 15.9 Å². The Labute approximate surface area is 160 Å². The summed E-state index contributed by atoms with van der Waals surface area (Å²) in [5.41, 5.74) is 6.48. The molecule has 3 rings (SSSR count). The van der Waals surface area contributed by atoms with Crippen LogP contribution in [0.1, 0.15) is 5.56 Å². The Morgan fingerprint density at radius 3 is 2.59 bits per heavy atom. The van der Waals surface area contributed by atoms with Crippen molar-refractivity contribution >= 4 is 6.03 Å². The first kappa shape index (κ1) is 19.9. The number of amides is 2. The van der Waals surface area contributed by atoms with E-state index < -0.39 is 6.10 Å². The highest BCUT2D eigenvalue weighted by Crippen LogP contribution is 2.16. The lowest BCUT2D eigenvalue weighted by Gasteiger charge is -2.33. The first-order chi connectivity index (χ1) is 13.1. The molecule has 0 aromatic heterocycles. The Bertz CT molecular complexity index is 601. The first-order valence-corrected chi connectivity index (χ1v) is 9.57. The number of hydrogen-bond donors (Lipinski definition) is 2. The Balaban J connectivity index is 1.42. The summed E-state index contributed by atoms with van der Waals surface area (Å²) < 4.78 is 11.1. The van der Waals surface area contributed by atoms with Crippen LogP contribution >= 0.6 is 0 Å². The number of ether oxygens (including phenoxy) is 2. The lowest BCUT2D eigenvalue weighted by molar-refractivity contribution is 0.00464. The summed E-state index contributed by atoms with van der Waals surface area (Å²) in [5, 5.41) is 10.2. The molecule has 0 radical (unpaired) electrons. The van der Waals surface area contributed by atoms with Gasteiger partial charge in [-0.2, -0.15) is 0 Å². The average Bonchev–Trinajstić information content (AvgIpc) is 2.68. The van der Waals surface area contributed by atoms with Crippen molar-refractivity contribution in [2.45, 2.75) is 12.6 Å². The van der Waals surface area contributed by atoms with Crippen molar-refractivity contribution in [1.29, 1.82) is 0 Å². The monoisotopic (exact) mass is 378 g/mol. The maximum atomic E-state index is 11.2. The summed E-state index contributed by atoms with van der Waals surface area (Å²) in [6.45, 7) is 7.81. The predicted molar refractivity (Wildman–Crippen MR) is 102 cm³/mol. The van der Waals surface area contributed by atoms with Crippen LogP contribution in [-0.2, 0) is 11.3 Å². The van der Waals surface area contributed by atoms with Gasteiger partial charge in [-0.1, -0.05) is 12.1 Å². The van der Waals surface area contributed by atoms with E-state index in [1.54, 1.807) is 4.90 Å². The molecule has 1 aromatic carbocycles. The first-order valence-electron chi connectivity index (χ1n) is 9.57.